The summed E-state index contributed by atoms with van der Waals surface area (Å²) >= 11 is 0. The maximum atomic E-state index is 11.9. The first-order valence-electron chi connectivity index (χ1n) is 13.7. The van der Waals surface area contributed by atoms with E-state index in [1.165, 1.54) is 0 Å². The van der Waals surface area contributed by atoms with Crippen molar-refractivity contribution in [3.05, 3.63) is 72.9 Å². The van der Waals surface area contributed by atoms with E-state index in [1.807, 2.05) is 20.8 Å². The van der Waals surface area contributed by atoms with Crippen molar-refractivity contribution >= 4 is 33.6 Å². The fourth-order valence-electron chi connectivity index (χ4n) is 2.80. The lowest BCUT2D eigenvalue weighted by Gasteiger charge is -2.19. The molecule has 0 fully saturated rings. The number of carbonyl (C=O) groups excluding carboxylic acids is 2. The average molecular weight is 563 g/mol. The summed E-state index contributed by atoms with van der Waals surface area (Å²) in [5.74, 6) is 1.71. The largest absolute Gasteiger partial charge is 0.444 e. The molecule has 2 amide bonds. The van der Waals surface area contributed by atoms with Crippen molar-refractivity contribution in [1.82, 2.24) is 10.6 Å². The number of hydrogen-bond donors (Lipinski definition) is 2. The smallest absolute Gasteiger partial charge is 0.407 e. The minimum atomic E-state index is -0.476. The van der Waals surface area contributed by atoms with Gasteiger partial charge in [-0.25, -0.2) is 4.79 Å². The second-order valence-electron chi connectivity index (χ2n) is 9.38. The lowest BCUT2D eigenvalue weighted by Crippen LogP contribution is -2.33. The van der Waals surface area contributed by atoms with Gasteiger partial charge in [0, 0.05) is 31.0 Å². The van der Waals surface area contributed by atoms with Crippen molar-refractivity contribution in [2.24, 2.45) is 0 Å². The summed E-state index contributed by atoms with van der Waals surface area (Å²) in [7, 11) is 3.36. The van der Waals surface area contributed by atoms with Crippen molar-refractivity contribution in [1.29, 1.82) is 0 Å². The number of rotatable bonds is 21. The van der Waals surface area contributed by atoms with Gasteiger partial charge in [0.15, 0.2) is 0 Å². The molecule has 0 heterocycles. The van der Waals surface area contributed by atoms with Crippen LogP contribution >= 0.6 is 21.6 Å². The highest BCUT2D eigenvalue weighted by Gasteiger charge is 2.15. The molecule has 0 aliphatic carbocycles. The van der Waals surface area contributed by atoms with Crippen LogP contribution in [0.4, 0.5) is 4.79 Å². The summed E-state index contributed by atoms with van der Waals surface area (Å²) in [6.45, 7) is 8.89. The molecule has 0 aliphatic heterocycles. The summed E-state index contributed by atoms with van der Waals surface area (Å²) in [5, 5.41) is 5.68. The summed E-state index contributed by atoms with van der Waals surface area (Å²) in [6.07, 6.45) is 33.0. The van der Waals surface area contributed by atoms with E-state index in [0.717, 1.165) is 56.5 Å². The van der Waals surface area contributed by atoms with Crippen molar-refractivity contribution in [3.8, 4) is 0 Å². The van der Waals surface area contributed by atoms with E-state index in [9.17, 15) is 9.59 Å². The van der Waals surface area contributed by atoms with Crippen LogP contribution < -0.4 is 10.6 Å². The fraction of sp³-hybridized carbons (Fsp3) is 0.548. The number of nitrogens with one attached hydrogen (secondary N) is 2. The molecule has 0 saturated carbocycles. The maximum absolute atomic E-state index is 11.9. The Balaban J connectivity index is 3.55. The molecule has 214 valence electrons. The number of hydrogen-bond acceptors (Lipinski definition) is 5. The van der Waals surface area contributed by atoms with Gasteiger partial charge >= 0.3 is 6.09 Å². The maximum Gasteiger partial charge on any atom is 0.407 e. The van der Waals surface area contributed by atoms with Crippen molar-refractivity contribution in [2.75, 3.05) is 24.6 Å². The average Bonchev–Trinajstić information content (AvgIpc) is 2.86. The summed E-state index contributed by atoms with van der Waals surface area (Å²) in [5.41, 5.74) is -0.476. The van der Waals surface area contributed by atoms with E-state index in [1.54, 1.807) is 21.6 Å². The Bertz CT molecular complexity index is 778. The Morgan fingerprint density at radius 3 is 1.53 bits per heavy atom. The van der Waals surface area contributed by atoms with Crippen LogP contribution in [0, 0.1) is 0 Å². The third-order valence-electron chi connectivity index (χ3n) is 4.58. The summed E-state index contributed by atoms with van der Waals surface area (Å²) in [4.78, 5) is 23.4. The van der Waals surface area contributed by atoms with Gasteiger partial charge in [0.1, 0.15) is 5.60 Å². The molecule has 0 spiro atoms. The van der Waals surface area contributed by atoms with Crippen LogP contribution in [0.2, 0.25) is 0 Å². The lowest BCUT2D eigenvalue weighted by atomic mass is 10.2. The molecular weight excluding hydrogens is 512 g/mol. The fourth-order valence-corrected chi connectivity index (χ4v) is 4.61. The molecule has 0 aromatic rings. The van der Waals surface area contributed by atoms with Gasteiger partial charge < -0.3 is 15.4 Å². The number of allylic oxidation sites excluding steroid dienone is 12. The first kappa shape index (κ1) is 35.9. The predicted octanol–water partition coefficient (Wildman–Crippen LogP) is 8.49. The van der Waals surface area contributed by atoms with Gasteiger partial charge in [-0.15, -0.1) is 0 Å². The van der Waals surface area contributed by atoms with Crippen LogP contribution in [0.3, 0.4) is 0 Å². The highest BCUT2D eigenvalue weighted by molar-refractivity contribution is 8.76. The Kier molecular flexibility index (Phi) is 25.0. The van der Waals surface area contributed by atoms with Crippen LogP contribution in [0.1, 0.15) is 79.1 Å². The standard InChI is InChI=1S/C31H50N2O3S2/c1-5-6-7-8-9-10-11-12-13-14-15-16-17-18-19-20-21-22-23-24-29(34)32-25-27-37-38-28-26-33-30(35)36-31(2,3)4/h6-7,9-10,12-13,15-16,18-19,21-22H,5,8,11,14,17,20,23-28H2,1-4H3,(H,32,34)(H,33,35)/b7-6-,10-9-,13-12-,16-15-,19-18-,22-21-. The quantitative estimate of drug-likeness (QED) is 0.0834. The topological polar surface area (TPSA) is 67.4 Å². The van der Waals surface area contributed by atoms with Gasteiger partial charge in [0.25, 0.3) is 0 Å². The van der Waals surface area contributed by atoms with Crippen LogP contribution in [-0.2, 0) is 9.53 Å². The Morgan fingerprint density at radius 2 is 1.08 bits per heavy atom. The molecule has 0 unspecified atom stereocenters. The number of alkyl carbamates (subject to hydrolysis) is 1. The minimum Gasteiger partial charge on any atom is -0.444 e. The zero-order chi connectivity index (χ0) is 28.2. The Morgan fingerprint density at radius 1 is 0.658 bits per heavy atom. The van der Waals surface area contributed by atoms with E-state index < -0.39 is 5.60 Å². The third kappa shape index (κ3) is 30.1. The molecule has 7 heteroatoms. The summed E-state index contributed by atoms with van der Waals surface area (Å²) in [6, 6.07) is 0. The molecule has 0 aromatic heterocycles. The third-order valence-corrected chi connectivity index (χ3v) is 6.99. The Hall–Kier alpha value is -2.12. The van der Waals surface area contributed by atoms with Crippen LogP contribution in [0.15, 0.2) is 72.9 Å². The zero-order valence-electron chi connectivity index (χ0n) is 24.0. The van der Waals surface area contributed by atoms with Gasteiger partial charge in [-0.3, -0.25) is 4.79 Å². The number of amides is 2. The first-order valence-corrected chi connectivity index (χ1v) is 16.2. The molecule has 0 bridgehead atoms. The van der Waals surface area contributed by atoms with E-state index in [4.69, 9.17) is 4.74 Å². The SMILES string of the molecule is CC/C=C\C/C=C\C/C=C\C/C=C\C/C=C\C/C=C\CCC(=O)NCCSSCCNC(=O)OC(C)(C)C. The molecule has 5 nitrogen and oxygen atoms in total. The molecule has 0 saturated heterocycles. The first-order chi connectivity index (χ1) is 18.3. The van der Waals surface area contributed by atoms with Gasteiger partial charge in [0.2, 0.25) is 5.91 Å². The van der Waals surface area contributed by atoms with Crippen LogP contribution in [0.5, 0.6) is 0 Å². The molecular formula is C31H50N2O3S2. The second kappa shape index (κ2) is 26.5. The highest BCUT2D eigenvalue weighted by atomic mass is 33.1. The lowest BCUT2D eigenvalue weighted by molar-refractivity contribution is -0.120. The van der Waals surface area contributed by atoms with Crippen molar-refractivity contribution in [3.63, 3.8) is 0 Å². The van der Waals surface area contributed by atoms with Gasteiger partial charge in [-0.2, -0.15) is 0 Å². The molecule has 0 aliphatic rings. The minimum absolute atomic E-state index is 0.0849. The molecule has 38 heavy (non-hydrogen) atoms. The van der Waals surface area contributed by atoms with Crippen molar-refractivity contribution in [2.45, 2.75) is 84.7 Å². The molecule has 2 N–H and O–H groups in total. The number of ether oxygens (including phenoxy) is 1. The van der Waals surface area contributed by atoms with Crippen LogP contribution in [-0.4, -0.2) is 42.2 Å². The van der Waals surface area contributed by atoms with Crippen molar-refractivity contribution < 1.29 is 14.3 Å². The van der Waals surface area contributed by atoms with Crippen LogP contribution in [0.25, 0.3) is 0 Å². The molecule has 0 radical (unpaired) electrons. The monoisotopic (exact) mass is 562 g/mol. The Labute approximate surface area is 240 Å². The zero-order valence-corrected chi connectivity index (χ0v) is 25.6. The van der Waals surface area contributed by atoms with Gasteiger partial charge in [-0.05, 0) is 65.7 Å². The van der Waals surface area contributed by atoms with E-state index >= 15 is 0 Å². The van der Waals surface area contributed by atoms with Gasteiger partial charge in [0.05, 0.1) is 0 Å². The van der Waals surface area contributed by atoms with Gasteiger partial charge in [-0.1, -0.05) is 101 Å². The predicted molar refractivity (Wildman–Crippen MR) is 170 cm³/mol. The highest BCUT2D eigenvalue weighted by Crippen LogP contribution is 2.19. The van der Waals surface area contributed by atoms with E-state index in [2.05, 4.69) is 90.5 Å². The molecule has 0 atom stereocenters. The molecule has 0 rings (SSSR count). The normalized spacial score (nSPS) is 12.7. The molecule has 0 aromatic carbocycles. The van der Waals surface area contributed by atoms with E-state index in [0.29, 0.717) is 19.5 Å². The number of carbonyl (C=O) groups is 2. The summed E-state index contributed by atoms with van der Waals surface area (Å²) < 4.78 is 5.18. The van der Waals surface area contributed by atoms with E-state index in [-0.39, 0.29) is 12.0 Å². The second-order valence-corrected chi connectivity index (χ2v) is 12.1.